The first-order chi connectivity index (χ1) is 10.4. The summed E-state index contributed by atoms with van der Waals surface area (Å²) < 4.78 is 5.42. The van der Waals surface area contributed by atoms with Crippen molar-refractivity contribution in [2.24, 2.45) is 5.92 Å². The number of likely N-dealkylation sites (tertiary alicyclic amines) is 1. The summed E-state index contributed by atoms with van der Waals surface area (Å²) in [6.45, 7) is 4.91. The number of rotatable bonds is 6. The van der Waals surface area contributed by atoms with E-state index in [1.807, 2.05) is 45.0 Å². The van der Waals surface area contributed by atoms with Gasteiger partial charge in [0.1, 0.15) is 5.76 Å². The van der Waals surface area contributed by atoms with Gasteiger partial charge in [-0.25, -0.2) is 0 Å². The van der Waals surface area contributed by atoms with Crippen molar-refractivity contribution in [1.82, 2.24) is 15.1 Å². The first kappa shape index (κ1) is 16.5. The second-order valence-electron chi connectivity index (χ2n) is 6.28. The predicted octanol–water partition coefficient (Wildman–Crippen LogP) is 1.26. The van der Waals surface area contributed by atoms with Crippen LogP contribution in [0.25, 0.3) is 0 Å². The van der Waals surface area contributed by atoms with Gasteiger partial charge in [-0.15, -0.1) is 0 Å². The molecule has 122 valence electrons. The lowest BCUT2D eigenvalue weighted by molar-refractivity contribution is -0.130. The van der Waals surface area contributed by atoms with E-state index in [-0.39, 0.29) is 29.8 Å². The number of likely N-dealkylation sites (N-methyl/N-ethyl adjacent to an activating group) is 1. The summed E-state index contributed by atoms with van der Waals surface area (Å²) in [4.78, 5) is 28.0. The van der Waals surface area contributed by atoms with Gasteiger partial charge in [0.05, 0.1) is 18.2 Å². The fourth-order valence-electron chi connectivity index (χ4n) is 2.77. The molecule has 1 saturated heterocycles. The molecule has 2 amide bonds. The highest BCUT2D eigenvalue weighted by Gasteiger charge is 2.35. The Hall–Kier alpha value is -1.82. The van der Waals surface area contributed by atoms with Gasteiger partial charge < -0.3 is 14.6 Å². The normalized spacial score (nSPS) is 20.0. The van der Waals surface area contributed by atoms with E-state index in [9.17, 15) is 9.59 Å². The molecule has 0 bridgehead atoms. The number of hydrogen-bond donors (Lipinski definition) is 1. The lowest BCUT2D eigenvalue weighted by Crippen LogP contribution is -2.39. The van der Waals surface area contributed by atoms with Crippen LogP contribution in [0.15, 0.2) is 22.8 Å². The van der Waals surface area contributed by atoms with E-state index in [0.717, 1.165) is 5.76 Å². The summed E-state index contributed by atoms with van der Waals surface area (Å²) >= 11 is 0. The smallest absolute Gasteiger partial charge is 0.225 e. The summed E-state index contributed by atoms with van der Waals surface area (Å²) in [5.41, 5.74) is 0. The SMILES string of the molecule is CC(C)N1C[C@@H](C(=O)NC[C@@H](c2ccco2)N(C)C)CC1=O. The van der Waals surface area contributed by atoms with E-state index in [2.05, 4.69) is 5.32 Å². The van der Waals surface area contributed by atoms with Crippen molar-refractivity contribution in [1.29, 1.82) is 0 Å². The van der Waals surface area contributed by atoms with Gasteiger partial charge in [0.2, 0.25) is 11.8 Å². The standard InChI is InChI=1S/C16H25N3O3/c1-11(2)19-10-12(8-15(19)20)16(21)17-9-13(18(3)4)14-6-5-7-22-14/h5-7,11-13H,8-10H2,1-4H3,(H,17,21)/t12-,13-/m0/s1. The van der Waals surface area contributed by atoms with Gasteiger partial charge in [-0.05, 0) is 40.1 Å². The number of nitrogens with one attached hydrogen (secondary N) is 1. The molecule has 1 N–H and O–H groups in total. The summed E-state index contributed by atoms with van der Waals surface area (Å²) in [5.74, 6) is 0.561. The van der Waals surface area contributed by atoms with Crippen molar-refractivity contribution < 1.29 is 14.0 Å². The quantitative estimate of drug-likeness (QED) is 0.859. The Kier molecular flexibility index (Phi) is 5.24. The minimum atomic E-state index is -0.255. The molecule has 6 heteroatoms. The number of carbonyl (C=O) groups is 2. The van der Waals surface area contributed by atoms with Crippen molar-refractivity contribution in [2.75, 3.05) is 27.2 Å². The first-order valence-electron chi connectivity index (χ1n) is 7.67. The average molecular weight is 307 g/mol. The third-order valence-electron chi connectivity index (χ3n) is 4.12. The van der Waals surface area contributed by atoms with Crippen molar-refractivity contribution in [3.8, 4) is 0 Å². The molecule has 0 saturated carbocycles. The summed E-state index contributed by atoms with van der Waals surface area (Å²) in [6, 6.07) is 3.86. The van der Waals surface area contributed by atoms with Crippen LogP contribution in [0.4, 0.5) is 0 Å². The van der Waals surface area contributed by atoms with Gasteiger partial charge in [-0.1, -0.05) is 0 Å². The van der Waals surface area contributed by atoms with Crippen LogP contribution in [0.5, 0.6) is 0 Å². The molecule has 0 unspecified atom stereocenters. The van der Waals surface area contributed by atoms with Crippen molar-refractivity contribution in [2.45, 2.75) is 32.4 Å². The van der Waals surface area contributed by atoms with Crippen LogP contribution in [0.3, 0.4) is 0 Å². The molecule has 1 aromatic rings. The molecule has 1 fully saturated rings. The van der Waals surface area contributed by atoms with E-state index in [0.29, 0.717) is 19.5 Å². The average Bonchev–Trinajstić information content (AvgIpc) is 3.07. The molecule has 2 heterocycles. The Bertz CT molecular complexity index is 511. The summed E-state index contributed by atoms with van der Waals surface area (Å²) in [5, 5.41) is 2.95. The van der Waals surface area contributed by atoms with E-state index in [4.69, 9.17) is 4.42 Å². The molecule has 1 aliphatic heterocycles. The minimum Gasteiger partial charge on any atom is -0.468 e. The van der Waals surface area contributed by atoms with Crippen LogP contribution >= 0.6 is 0 Å². The van der Waals surface area contributed by atoms with Crippen LogP contribution in [-0.4, -0.2) is 54.8 Å². The number of hydrogen-bond acceptors (Lipinski definition) is 4. The number of carbonyl (C=O) groups excluding carboxylic acids is 2. The number of furan rings is 1. The maximum Gasteiger partial charge on any atom is 0.225 e. The Morgan fingerprint density at radius 1 is 1.50 bits per heavy atom. The Balaban J connectivity index is 1.91. The van der Waals surface area contributed by atoms with Crippen molar-refractivity contribution in [3.63, 3.8) is 0 Å². The molecule has 0 radical (unpaired) electrons. The van der Waals surface area contributed by atoms with Crippen molar-refractivity contribution in [3.05, 3.63) is 24.2 Å². The first-order valence-corrected chi connectivity index (χ1v) is 7.67. The Morgan fingerprint density at radius 3 is 2.73 bits per heavy atom. The lowest BCUT2D eigenvalue weighted by Gasteiger charge is -2.24. The highest BCUT2D eigenvalue weighted by atomic mass is 16.3. The molecule has 0 spiro atoms. The number of nitrogens with zero attached hydrogens (tertiary/aromatic N) is 2. The highest BCUT2D eigenvalue weighted by molar-refractivity contribution is 5.89. The fraction of sp³-hybridized carbons (Fsp3) is 0.625. The molecule has 22 heavy (non-hydrogen) atoms. The molecule has 2 atom stereocenters. The summed E-state index contributed by atoms with van der Waals surface area (Å²) in [7, 11) is 3.89. The van der Waals surface area contributed by atoms with Crippen LogP contribution in [0.1, 0.15) is 32.1 Å². The minimum absolute atomic E-state index is 0.0164. The van der Waals surface area contributed by atoms with E-state index in [1.165, 1.54) is 0 Å². The molecule has 6 nitrogen and oxygen atoms in total. The highest BCUT2D eigenvalue weighted by Crippen LogP contribution is 2.21. The maximum absolute atomic E-state index is 12.3. The van der Waals surface area contributed by atoms with E-state index < -0.39 is 0 Å². The molecule has 0 aromatic carbocycles. The van der Waals surface area contributed by atoms with Crippen LogP contribution < -0.4 is 5.32 Å². The third kappa shape index (κ3) is 3.68. The zero-order valence-corrected chi connectivity index (χ0v) is 13.7. The second-order valence-corrected chi connectivity index (χ2v) is 6.28. The zero-order chi connectivity index (χ0) is 16.3. The van der Waals surface area contributed by atoms with Gasteiger partial charge in [0.15, 0.2) is 0 Å². The van der Waals surface area contributed by atoms with Crippen LogP contribution in [-0.2, 0) is 9.59 Å². The lowest BCUT2D eigenvalue weighted by atomic mass is 10.1. The van der Waals surface area contributed by atoms with Crippen LogP contribution in [0.2, 0.25) is 0 Å². The largest absolute Gasteiger partial charge is 0.468 e. The molecular formula is C16H25N3O3. The van der Waals surface area contributed by atoms with Gasteiger partial charge in [-0.3, -0.25) is 14.5 Å². The summed E-state index contributed by atoms with van der Waals surface area (Å²) in [6.07, 6.45) is 1.93. The van der Waals surface area contributed by atoms with E-state index in [1.54, 1.807) is 11.2 Å². The number of amides is 2. The monoisotopic (exact) mass is 307 g/mol. The van der Waals surface area contributed by atoms with Gasteiger partial charge in [0.25, 0.3) is 0 Å². The molecule has 2 rings (SSSR count). The predicted molar refractivity (Wildman–Crippen MR) is 83.1 cm³/mol. The maximum atomic E-state index is 12.3. The van der Waals surface area contributed by atoms with Gasteiger partial charge in [0, 0.05) is 25.6 Å². The second kappa shape index (κ2) is 6.96. The Morgan fingerprint density at radius 2 is 2.23 bits per heavy atom. The molecular weight excluding hydrogens is 282 g/mol. The zero-order valence-electron chi connectivity index (χ0n) is 13.7. The van der Waals surface area contributed by atoms with Gasteiger partial charge in [-0.2, -0.15) is 0 Å². The molecule has 1 aromatic heterocycles. The molecule has 1 aliphatic rings. The van der Waals surface area contributed by atoms with Gasteiger partial charge >= 0.3 is 0 Å². The van der Waals surface area contributed by atoms with Crippen molar-refractivity contribution >= 4 is 11.8 Å². The topological polar surface area (TPSA) is 65.8 Å². The van der Waals surface area contributed by atoms with Crippen LogP contribution in [0, 0.1) is 5.92 Å². The third-order valence-corrected chi connectivity index (χ3v) is 4.12. The fourth-order valence-corrected chi connectivity index (χ4v) is 2.77. The molecule has 0 aliphatic carbocycles. The van der Waals surface area contributed by atoms with E-state index >= 15 is 0 Å². The Labute approximate surface area is 131 Å².